The van der Waals surface area contributed by atoms with Gasteiger partial charge in [-0.2, -0.15) is 0 Å². The maximum atomic E-state index is 6.11. The average Bonchev–Trinajstić information content (AvgIpc) is 2.78. The summed E-state index contributed by atoms with van der Waals surface area (Å²) in [5.74, 6) is 1.41. The van der Waals surface area contributed by atoms with E-state index in [0.717, 1.165) is 37.4 Å². The van der Waals surface area contributed by atoms with Gasteiger partial charge >= 0.3 is 0 Å². The Morgan fingerprint density at radius 3 is 2.79 bits per heavy atom. The number of nitrogens with zero attached hydrogens (tertiary/aromatic N) is 2. The number of aryl methyl sites for hydroxylation is 1. The Morgan fingerprint density at radius 2 is 2.11 bits per heavy atom. The molecule has 0 amide bonds. The molecule has 3 nitrogen and oxygen atoms in total. The maximum absolute atomic E-state index is 6.11. The van der Waals surface area contributed by atoms with Crippen LogP contribution in [0.4, 0.5) is 0 Å². The van der Waals surface area contributed by atoms with E-state index < -0.39 is 0 Å². The second kappa shape index (κ2) is 4.80. The molecule has 4 heteroatoms. The van der Waals surface area contributed by atoms with Crippen molar-refractivity contribution in [3.05, 3.63) is 29.6 Å². The molecular weight excluding hydrogens is 260 g/mol. The molecule has 1 fully saturated rings. The summed E-state index contributed by atoms with van der Waals surface area (Å²) >= 11 is 6.11. The molecule has 2 aromatic rings. The molecule has 0 spiro atoms. The van der Waals surface area contributed by atoms with Gasteiger partial charge in [0.15, 0.2) is 0 Å². The first kappa shape index (κ1) is 12.9. The number of ether oxygens (including phenoxy) is 1. The van der Waals surface area contributed by atoms with Gasteiger partial charge in [-0.1, -0.05) is 6.07 Å². The second-order valence-corrected chi connectivity index (χ2v) is 5.87. The number of halogens is 1. The van der Waals surface area contributed by atoms with E-state index in [9.17, 15) is 0 Å². The number of hydrogen-bond acceptors (Lipinski definition) is 2. The van der Waals surface area contributed by atoms with Crippen molar-refractivity contribution in [2.24, 2.45) is 0 Å². The topological polar surface area (TPSA) is 27.1 Å². The summed E-state index contributed by atoms with van der Waals surface area (Å²) in [7, 11) is 0. The van der Waals surface area contributed by atoms with Crippen LogP contribution in [-0.4, -0.2) is 22.8 Å². The number of rotatable bonds is 2. The van der Waals surface area contributed by atoms with Crippen LogP contribution in [0.1, 0.15) is 31.2 Å². The molecule has 0 aliphatic carbocycles. The normalized spacial score (nSPS) is 18.9. The molecule has 0 bridgehead atoms. The lowest BCUT2D eigenvalue weighted by molar-refractivity contribution is 0.0303. The van der Waals surface area contributed by atoms with E-state index in [1.165, 1.54) is 11.1 Å². The number of imidazole rings is 1. The van der Waals surface area contributed by atoms with Crippen LogP contribution in [0.15, 0.2) is 18.2 Å². The zero-order valence-corrected chi connectivity index (χ0v) is 12.2. The summed E-state index contributed by atoms with van der Waals surface area (Å²) in [5, 5.41) is 0. The maximum Gasteiger partial charge on any atom is 0.125 e. The van der Waals surface area contributed by atoms with Gasteiger partial charge in [-0.15, -0.1) is 11.6 Å². The van der Waals surface area contributed by atoms with Crippen LogP contribution >= 0.6 is 11.6 Å². The monoisotopic (exact) mass is 278 g/mol. The molecule has 102 valence electrons. The van der Waals surface area contributed by atoms with Crippen LogP contribution in [0.2, 0.25) is 0 Å². The molecular formula is C15H19ClN2O. The van der Waals surface area contributed by atoms with Gasteiger partial charge in [0.1, 0.15) is 5.82 Å². The summed E-state index contributed by atoms with van der Waals surface area (Å²) in [5.41, 5.74) is 3.55. The van der Waals surface area contributed by atoms with E-state index in [4.69, 9.17) is 16.3 Å². The van der Waals surface area contributed by atoms with Gasteiger partial charge in [0.2, 0.25) is 0 Å². The van der Waals surface area contributed by atoms with Crippen molar-refractivity contribution in [1.82, 2.24) is 9.55 Å². The van der Waals surface area contributed by atoms with Gasteiger partial charge in [-0.05, 0) is 44.4 Å². The highest BCUT2D eigenvalue weighted by molar-refractivity contribution is 6.16. The van der Waals surface area contributed by atoms with Crippen molar-refractivity contribution in [1.29, 1.82) is 0 Å². The summed E-state index contributed by atoms with van der Waals surface area (Å²) in [4.78, 5) is 4.68. The first-order valence-electron chi connectivity index (χ1n) is 6.76. The summed E-state index contributed by atoms with van der Waals surface area (Å²) in [6, 6.07) is 6.39. The first-order valence-corrected chi connectivity index (χ1v) is 7.30. The van der Waals surface area contributed by atoms with Crippen molar-refractivity contribution in [2.45, 2.75) is 38.1 Å². The molecule has 2 heterocycles. The summed E-state index contributed by atoms with van der Waals surface area (Å²) in [6.45, 7) is 6.02. The van der Waals surface area contributed by atoms with Crippen molar-refractivity contribution < 1.29 is 4.74 Å². The Kier molecular flexibility index (Phi) is 3.27. The molecule has 0 radical (unpaired) electrons. The third-order valence-corrected chi connectivity index (χ3v) is 4.35. The average molecular weight is 279 g/mol. The van der Waals surface area contributed by atoms with E-state index in [-0.39, 0.29) is 5.54 Å². The highest BCUT2D eigenvalue weighted by Crippen LogP contribution is 2.34. The molecule has 19 heavy (non-hydrogen) atoms. The molecule has 1 aliphatic rings. The third kappa shape index (κ3) is 2.15. The lowest BCUT2D eigenvalue weighted by atomic mass is 9.91. The van der Waals surface area contributed by atoms with Crippen LogP contribution in [0.25, 0.3) is 11.0 Å². The van der Waals surface area contributed by atoms with Gasteiger partial charge in [-0.3, -0.25) is 0 Å². The van der Waals surface area contributed by atoms with E-state index in [1.807, 2.05) is 0 Å². The molecule has 1 aromatic heterocycles. The molecule has 0 unspecified atom stereocenters. The fraction of sp³-hybridized carbons (Fsp3) is 0.533. The molecule has 0 N–H and O–H groups in total. The predicted octanol–water partition coefficient (Wildman–Crippen LogP) is 3.61. The van der Waals surface area contributed by atoms with Crippen LogP contribution < -0.4 is 0 Å². The van der Waals surface area contributed by atoms with Crippen LogP contribution in [0.3, 0.4) is 0 Å². The zero-order valence-electron chi connectivity index (χ0n) is 11.4. The molecule has 3 rings (SSSR count). The number of aromatic nitrogens is 2. The van der Waals surface area contributed by atoms with Crippen molar-refractivity contribution in [3.8, 4) is 0 Å². The quantitative estimate of drug-likeness (QED) is 0.785. The number of benzene rings is 1. The van der Waals surface area contributed by atoms with E-state index in [1.54, 1.807) is 0 Å². The predicted molar refractivity (Wildman–Crippen MR) is 77.7 cm³/mol. The minimum atomic E-state index is 0.0605. The SMILES string of the molecule is Cc1ccc2nc(CCl)n(C3(C)CCOCC3)c2c1. The van der Waals surface area contributed by atoms with E-state index in [0.29, 0.717) is 5.88 Å². The Hall–Kier alpha value is -1.06. The molecule has 1 aromatic carbocycles. The van der Waals surface area contributed by atoms with Crippen molar-refractivity contribution >= 4 is 22.6 Å². The van der Waals surface area contributed by atoms with E-state index in [2.05, 4.69) is 41.6 Å². The van der Waals surface area contributed by atoms with Crippen LogP contribution in [0, 0.1) is 6.92 Å². The molecule has 0 saturated carbocycles. The van der Waals surface area contributed by atoms with Crippen molar-refractivity contribution in [3.63, 3.8) is 0 Å². The van der Waals surface area contributed by atoms with Gasteiger partial charge in [0, 0.05) is 18.8 Å². The number of alkyl halides is 1. The van der Waals surface area contributed by atoms with Crippen LogP contribution in [-0.2, 0) is 16.2 Å². The Morgan fingerprint density at radius 1 is 1.37 bits per heavy atom. The van der Waals surface area contributed by atoms with E-state index >= 15 is 0 Å². The number of fused-ring (bicyclic) bond motifs is 1. The fourth-order valence-corrected chi connectivity index (χ4v) is 3.14. The first-order chi connectivity index (χ1) is 9.14. The molecule has 0 atom stereocenters. The second-order valence-electron chi connectivity index (χ2n) is 5.60. The van der Waals surface area contributed by atoms with Crippen molar-refractivity contribution in [2.75, 3.05) is 13.2 Å². The van der Waals surface area contributed by atoms with Gasteiger partial charge in [-0.25, -0.2) is 4.98 Å². The van der Waals surface area contributed by atoms with Gasteiger partial charge in [0.05, 0.1) is 16.9 Å². The highest BCUT2D eigenvalue weighted by Gasteiger charge is 2.32. The minimum absolute atomic E-state index is 0.0605. The lowest BCUT2D eigenvalue weighted by Gasteiger charge is -2.36. The van der Waals surface area contributed by atoms with Gasteiger partial charge in [0.25, 0.3) is 0 Å². The highest BCUT2D eigenvalue weighted by atomic mass is 35.5. The Bertz CT molecular complexity index is 599. The largest absolute Gasteiger partial charge is 0.381 e. The zero-order chi connectivity index (χ0) is 13.5. The Balaban J connectivity index is 2.22. The molecule has 1 aliphatic heterocycles. The smallest absolute Gasteiger partial charge is 0.125 e. The third-order valence-electron chi connectivity index (χ3n) is 4.11. The summed E-state index contributed by atoms with van der Waals surface area (Å²) in [6.07, 6.45) is 2.02. The van der Waals surface area contributed by atoms with Gasteiger partial charge < -0.3 is 9.30 Å². The lowest BCUT2D eigenvalue weighted by Crippen LogP contribution is -2.37. The summed E-state index contributed by atoms with van der Waals surface area (Å²) < 4.78 is 7.84. The minimum Gasteiger partial charge on any atom is -0.381 e. The standard InChI is InChI=1S/C15H19ClN2O/c1-11-3-4-12-13(9-11)18(14(10-16)17-12)15(2)5-7-19-8-6-15/h3-4,9H,5-8,10H2,1-2H3. The molecule has 1 saturated heterocycles. The Labute approximate surface area is 118 Å². The fourth-order valence-electron chi connectivity index (χ4n) is 2.96. The number of hydrogen-bond donors (Lipinski definition) is 0. The van der Waals surface area contributed by atoms with Crippen LogP contribution in [0.5, 0.6) is 0 Å².